The van der Waals surface area contributed by atoms with E-state index < -0.39 is 18.6 Å². The fourth-order valence-corrected chi connectivity index (χ4v) is 2.36. The van der Waals surface area contributed by atoms with Crippen molar-refractivity contribution in [3.63, 3.8) is 0 Å². The molecule has 0 aliphatic heterocycles. The fraction of sp³-hybridized carbons (Fsp3) is 0.636. The predicted molar refractivity (Wildman–Crippen MR) is 65.6 cm³/mol. The summed E-state index contributed by atoms with van der Waals surface area (Å²) in [6, 6.07) is 0. The van der Waals surface area contributed by atoms with E-state index in [2.05, 4.69) is 9.97 Å². The van der Waals surface area contributed by atoms with E-state index in [1.165, 1.54) is 0 Å². The molecule has 3 nitrogen and oxygen atoms in total. The average Bonchev–Trinajstić information content (AvgIpc) is 2.24. The van der Waals surface area contributed by atoms with E-state index in [0.29, 0.717) is 5.16 Å². The van der Waals surface area contributed by atoms with Gasteiger partial charge >= 0.3 is 6.18 Å². The summed E-state index contributed by atoms with van der Waals surface area (Å²) in [7, 11) is 0. The predicted octanol–water partition coefficient (Wildman–Crippen LogP) is 2.63. The average molecular weight is 279 g/mol. The van der Waals surface area contributed by atoms with Crippen LogP contribution in [0.25, 0.3) is 0 Å². The zero-order valence-corrected chi connectivity index (χ0v) is 11.3. The highest BCUT2D eigenvalue weighted by atomic mass is 32.2. The Morgan fingerprint density at radius 3 is 2.06 bits per heavy atom. The SMILES string of the molecule is Cc1nc(SCC(CN)C(F)(F)F)nc(C)c1C. The molecule has 1 rings (SSSR count). The molecule has 0 aliphatic rings. The molecule has 0 saturated heterocycles. The monoisotopic (exact) mass is 279 g/mol. The molecule has 0 amide bonds. The minimum atomic E-state index is -4.27. The van der Waals surface area contributed by atoms with Crippen LogP contribution in [-0.2, 0) is 0 Å². The fourth-order valence-electron chi connectivity index (χ4n) is 1.28. The second-order valence-corrected chi connectivity index (χ2v) is 5.07. The maximum Gasteiger partial charge on any atom is 0.393 e. The summed E-state index contributed by atoms with van der Waals surface area (Å²) in [6.45, 7) is 5.11. The van der Waals surface area contributed by atoms with Crippen LogP contribution in [-0.4, -0.2) is 28.4 Å². The summed E-state index contributed by atoms with van der Waals surface area (Å²) in [4.78, 5) is 8.33. The van der Waals surface area contributed by atoms with Crippen molar-refractivity contribution in [3.8, 4) is 0 Å². The molecule has 7 heteroatoms. The Kier molecular flexibility index (Phi) is 4.98. The van der Waals surface area contributed by atoms with Crippen molar-refractivity contribution in [2.45, 2.75) is 32.1 Å². The number of aromatic nitrogens is 2. The van der Waals surface area contributed by atoms with E-state index in [0.717, 1.165) is 28.7 Å². The smallest absolute Gasteiger partial charge is 0.330 e. The molecule has 0 fully saturated rings. The highest BCUT2D eigenvalue weighted by molar-refractivity contribution is 7.99. The molecule has 0 bridgehead atoms. The Morgan fingerprint density at radius 1 is 1.17 bits per heavy atom. The molecule has 1 aromatic heterocycles. The first-order chi connectivity index (χ1) is 8.25. The lowest BCUT2D eigenvalue weighted by Gasteiger charge is -2.17. The summed E-state index contributed by atoms with van der Waals surface area (Å²) in [5, 5.41) is 0.373. The van der Waals surface area contributed by atoms with Crippen molar-refractivity contribution in [2.24, 2.45) is 11.7 Å². The third-order valence-electron chi connectivity index (χ3n) is 2.77. The van der Waals surface area contributed by atoms with Gasteiger partial charge in [0.05, 0.1) is 5.92 Å². The van der Waals surface area contributed by atoms with Crippen LogP contribution < -0.4 is 5.73 Å². The molecule has 2 N–H and O–H groups in total. The van der Waals surface area contributed by atoms with Gasteiger partial charge in [-0.15, -0.1) is 0 Å². The molecule has 1 heterocycles. The topological polar surface area (TPSA) is 51.8 Å². The molecule has 0 spiro atoms. The Morgan fingerprint density at radius 2 is 1.67 bits per heavy atom. The quantitative estimate of drug-likeness (QED) is 0.680. The Bertz CT molecular complexity index is 397. The molecular formula is C11H16F3N3S. The number of nitrogens with zero attached hydrogens (tertiary/aromatic N) is 2. The van der Waals surface area contributed by atoms with E-state index in [1.807, 2.05) is 20.8 Å². The normalized spacial score (nSPS) is 13.7. The molecule has 0 radical (unpaired) electrons. The number of aryl methyl sites for hydroxylation is 2. The van der Waals surface area contributed by atoms with Gasteiger partial charge in [-0.1, -0.05) is 11.8 Å². The second-order valence-electron chi connectivity index (χ2n) is 4.09. The highest BCUT2D eigenvalue weighted by Crippen LogP contribution is 2.30. The lowest BCUT2D eigenvalue weighted by Crippen LogP contribution is -2.32. The van der Waals surface area contributed by atoms with Crippen LogP contribution in [0.2, 0.25) is 0 Å². The third-order valence-corrected chi connectivity index (χ3v) is 3.78. The van der Waals surface area contributed by atoms with Crippen LogP contribution in [0.15, 0.2) is 5.16 Å². The van der Waals surface area contributed by atoms with E-state index in [-0.39, 0.29) is 5.75 Å². The number of nitrogens with two attached hydrogens (primary N) is 1. The first-order valence-electron chi connectivity index (χ1n) is 5.47. The third kappa shape index (κ3) is 3.84. The van der Waals surface area contributed by atoms with E-state index in [1.54, 1.807) is 0 Å². The van der Waals surface area contributed by atoms with Gasteiger partial charge in [0.1, 0.15) is 0 Å². The first kappa shape index (κ1) is 15.2. The number of rotatable bonds is 4. The molecule has 1 unspecified atom stereocenters. The van der Waals surface area contributed by atoms with Crippen LogP contribution in [0.1, 0.15) is 17.0 Å². The maximum atomic E-state index is 12.5. The van der Waals surface area contributed by atoms with Crippen LogP contribution >= 0.6 is 11.8 Å². The molecular weight excluding hydrogens is 263 g/mol. The van der Waals surface area contributed by atoms with Crippen LogP contribution in [0.3, 0.4) is 0 Å². The number of thioether (sulfide) groups is 1. The van der Waals surface area contributed by atoms with Crippen molar-refractivity contribution in [1.29, 1.82) is 0 Å². The molecule has 0 aromatic carbocycles. The summed E-state index contributed by atoms with van der Waals surface area (Å²) in [5.41, 5.74) is 7.68. The Labute approximate surface area is 108 Å². The highest BCUT2D eigenvalue weighted by Gasteiger charge is 2.38. The number of halogens is 3. The molecule has 102 valence electrons. The van der Waals surface area contributed by atoms with E-state index >= 15 is 0 Å². The molecule has 1 atom stereocenters. The van der Waals surface area contributed by atoms with Gasteiger partial charge in [-0.2, -0.15) is 13.2 Å². The lowest BCUT2D eigenvalue weighted by atomic mass is 10.2. The maximum absolute atomic E-state index is 12.5. The molecule has 1 aromatic rings. The van der Waals surface area contributed by atoms with Gasteiger partial charge < -0.3 is 5.73 Å². The Hall–Kier alpha value is -0.820. The lowest BCUT2D eigenvalue weighted by molar-refractivity contribution is -0.165. The number of alkyl halides is 3. The van der Waals surface area contributed by atoms with Crippen molar-refractivity contribution >= 4 is 11.8 Å². The first-order valence-corrected chi connectivity index (χ1v) is 6.45. The summed E-state index contributed by atoms with van der Waals surface area (Å²) >= 11 is 0.995. The summed E-state index contributed by atoms with van der Waals surface area (Å²) in [5.74, 6) is -1.67. The van der Waals surface area contributed by atoms with Gasteiger partial charge in [0, 0.05) is 23.7 Å². The number of hydrogen-bond donors (Lipinski definition) is 1. The zero-order valence-electron chi connectivity index (χ0n) is 10.5. The van der Waals surface area contributed by atoms with Crippen molar-refractivity contribution in [1.82, 2.24) is 9.97 Å². The van der Waals surface area contributed by atoms with Gasteiger partial charge in [0.25, 0.3) is 0 Å². The van der Waals surface area contributed by atoms with E-state index in [9.17, 15) is 13.2 Å². The van der Waals surface area contributed by atoms with Crippen molar-refractivity contribution < 1.29 is 13.2 Å². The van der Waals surface area contributed by atoms with Crippen LogP contribution in [0.4, 0.5) is 13.2 Å². The Balaban J connectivity index is 2.75. The zero-order chi connectivity index (χ0) is 13.9. The van der Waals surface area contributed by atoms with Crippen molar-refractivity contribution in [3.05, 3.63) is 17.0 Å². The van der Waals surface area contributed by atoms with E-state index in [4.69, 9.17) is 5.73 Å². The minimum absolute atomic E-state index is 0.151. The van der Waals surface area contributed by atoms with Gasteiger partial charge in [-0.3, -0.25) is 0 Å². The van der Waals surface area contributed by atoms with Gasteiger partial charge in [-0.25, -0.2) is 9.97 Å². The summed E-state index contributed by atoms with van der Waals surface area (Å²) < 4.78 is 37.5. The second kappa shape index (κ2) is 5.88. The molecule has 18 heavy (non-hydrogen) atoms. The molecule has 0 aliphatic carbocycles. The standard InChI is InChI=1S/C11H16F3N3S/c1-6-7(2)16-10(17-8(6)3)18-5-9(4-15)11(12,13)14/h9H,4-5,15H2,1-3H3. The largest absolute Gasteiger partial charge is 0.393 e. The van der Waals surface area contributed by atoms with Gasteiger partial charge in [-0.05, 0) is 26.3 Å². The van der Waals surface area contributed by atoms with Crippen LogP contribution in [0.5, 0.6) is 0 Å². The van der Waals surface area contributed by atoms with Gasteiger partial charge in [0.2, 0.25) is 0 Å². The van der Waals surface area contributed by atoms with Gasteiger partial charge in [0.15, 0.2) is 5.16 Å². The van der Waals surface area contributed by atoms with Crippen LogP contribution in [0, 0.1) is 26.7 Å². The minimum Gasteiger partial charge on any atom is -0.330 e. The molecule has 0 saturated carbocycles. The summed E-state index contributed by atoms with van der Waals surface area (Å²) in [6.07, 6.45) is -4.27. The number of hydrogen-bond acceptors (Lipinski definition) is 4. The van der Waals surface area contributed by atoms with Crippen molar-refractivity contribution in [2.75, 3.05) is 12.3 Å².